The number of benzene rings is 3. The second kappa shape index (κ2) is 13.8. The summed E-state index contributed by atoms with van der Waals surface area (Å²) < 4.78 is 31.3. The molecule has 5 nitrogen and oxygen atoms in total. The summed E-state index contributed by atoms with van der Waals surface area (Å²) in [7, 11) is 0. The molecular weight excluding hydrogens is 452 g/mol. The van der Waals surface area contributed by atoms with Gasteiger partial charge in [-0.2, -0.15) is 0 Å². The van der Waals surface area contributed by atoms with E-state index in [0.717, 1.165) is 16.7 Å². The van der Waals surface area contributed by atoms with Crippen molar-refractivity contribution in [1.29, 1.82) is 0 Å². The highest BCUT2D eigenvalue weighted by Crippen LogP contribution is 2.31. The fourth-order valence-corrected chi connectivity index (χ4v) is 4.17. The molecule has 5 heteroatoms. The molecule has 1 aliphatic rings. The topological polar surface area (TPSA) is 46.2 Å². The van der Waals surface area contributed by atoms with Crippen LogP contribution in [0.25, 0.3) is 0 Å². The molecule has 0 bridgehead atoms. The van der Waals surface area contributed by atoms with Crippen LogP contribution in [-0.4, -0.2) is 37.6 Å². The maximum absolute atomic E-state index is 6.47. The molecule has 188 valence electrons. The van der Waals surface area contributed by atoms with Gasteiger partial charge < -0.3 is 23.7 Å². The number of hydrogen-bond acceptors (Lipinski definition) is 5. The van der Waals surface area contributed by atoms with Crippen LogP contribution < -0.4 is 0 Å². The fourth-order valence-electron chi connectivity index (χ4n) is 4.17. The van der Waals surface area contributed by atoms with Gasteiger partial charge in [0.25, 0.3) is 0 Å². The Hall–Kier alpha value is -3.22. The second-order valence-corrected chi connectivity index (χ2v) is 8.69. The Morgan fingerprint density at radius 3 is 1.69 bits per heavy atom. The van der Waals surface area contributed by atoms with Gasteiger partial charge in [-0.05, 0) is 16.7 Å². The van der Waals surface area contributed by atoms with Crippen LogP contribution in [0.5, 0.6) is 0 Å². The van der Waals surface area contributed by atoms with Crippen LogP contribution in [0, 0.1) is 0 Å². The van der Waals surface area contributed by atoms with E-state index < -0.39 is 24.4 Å². The molecule has 1 aliphatic heterocycles. The minimum Gasteiger partial charge on any atom is -0.487 e. The van der Waals surface area contributed by atoms with Crippen LogP contribution in [0.2, 0.25) is 0 Å². The zero-order valence-electron chi connectivity index (χ0n) is 20.5. The predicted octanol–water partition coefficient (Wildman–Crippen LogP) is 5.86. The molecule has 4 atom stereocenters. The molecule has 36 heavy (non-hydrogen) atoms. The summed E-state index contributed by atoms with van der Waals surface area (Å²) in [5.74, 6) is 0.503. The van der Waals surface area contributed by atoms with Crippen LogP contribution in [0.15, 0.2) is 116 Å². The molecule has 0 saturated carbocycles. The van der Waals surface area contributed by atoms with Gasteiger partial charge in [0.05, 0.1) is 33.0 Å². The summed E-state index contributed by atoms with van der Waals surface area (Å²) in [5.41, 5.74) is 3.23. The van der Waals surface area contributed by atoms with E-state index in [1.807, 2.05) is 91.0 Å². The van der Waals surface area contributed by atoms with Gasteiger partial charge in [0.15, 0.2) is 6.10 Å². The first-order valence-corrected chi connectivity index (χ1v) is 12.2. The lowest BCUT2D eigenvalue weighted by molar-refractivity contribution is -0.219. The van der Waals surface area contributed by atoms with Crippen molar-refractivity contribution in [2.45, 2.75) is 44.2 Å². The molecule has 4 rings (SSSR count). The van der Waals surface area contributed by atoms with Gasteiger partial charge in [-0.15, -0.1) is 6.58 Å². The van der Waals surface area contributed by atoms with Gasteiger partial charge in [0.1, 0.15) is 24.1 Å². The van der Waals surface area contributed by atoms with E-state index in [2.05, 4.69) is 13.2 Å². The Morgan fingerprint density at radius 2 is 1.17 bits per heavy atom. The SMILES string of the molecule is C=CCO[C@H]1C(=C)O[C@H](COCc2ccccc2)[C@@H](OCc2ccccc2)[C@@H]1OCc1ccccc1. The molecule has 0 spiro atoms. The van der Waals surface area contributed by atoms with Crippen LogP contribution in [0.1, 0.15) is 16.7 Å². The van der Waals surface area contributed by atoms with Crippen molar-refractivity contribution in [3.8, 4) is 0 Å². The molecule has 0 aromatic heterocycles. The number of rotatable bonds is 13. The Morgan fingerprint density at radius 1 is 0.667 bits per heavy atom. The molecule has 0 N–H and O–H groups in total. The van der Waals surface area contributed by atoms with Gasteiger partial charge in [0.2, 0.25) is 0 Å². The van der Waals surface area contributed by atoms with Crippen LogP contribution in [0.3, 0.4) is 0 Å². The van der Waals surface area contributed by atoms with Crippen molar-refractivity contribution in [2.75, 3.05) is 13.2 Å². The molecule has 1 saturated heterocycles. The van der Waals surface area contributed by atoms with Gasteiger partial charge in [-0.25, -0.2) is 0 Å². The maximum Gasteiger partial charge on any atom is 0.150 e. The largest absolute Gasteiger partial charge is 0.487 e. The Labute approximate surface area is 213 Å². The minimum atomic E-state index is -0.502. The van der Waals surface area contributed by atoms with Crippen LogP contribution >= 0.6 is 0 Å². The van der Waals surface area contributed by atoms with Crippen molar-refractivity contribution >= 4 is 0 Å². The second-order valence-electron chi connectivity index (χ2n) is 8.69. The van der Waals surface area contributed by atoms with E-state index in [0.29, 0.717) is 38.8 Å². The highest BCUT2D eigenvalue weighted by Gasteiger charge is 2.45. The van der Waals surface area contributed by atoms with Gasteiger partial charge in [0, 0.05) is 0 Å². The van der Waals surface area contributed by atoms with E-state index >= 15 is 0 Å². The normalized spacial score (nSPS) is 21.6. The third-order valence-corrected chi connectivity index (χ3v) is 5.97. The molecule has 3 aromatic carbocycles. The number of hydrogen-bond donors (Lipinski definition) is 0. The Kier molecular flexibility index (Phi) is 9.88. The summed E-state index contributed by atoms with van der Waals surface area (Å²) in [6, 6.07) is 30.2. The Bertz CT molecular complexity index is 1050. The lowest BCUT2D eigenvalue weighted by atomic mass is 9.97. The lowest BCUT2D eigenvalue weighted by Crippen LogP contribution is -2.56. The first kappa shape index (κ1) is 25.9. The zero-order valence-corrected chi connectivity index (χ0v) is 20.5. The lowest BCUT2D eigenvalue weighted by Gasteiger charge is -2.43. The van der Waals surface area contributed by atoms with E-state index in [4.69, 9.17) is 23.7 Å². The molecule has 1 fully saturated rings. The van der Waals surface area contributed by atoms with Crippen molar-refractivity contribution in [1.82, 2.24) is 0 Å². The van der Waals surface area contributed by atoms with Gasteiger partial charge >= 0.3 is 0 Å². The van der Waals surface area contributed by atoms with Crippen LogP contribution in [0.4, 0.5) is 0 Å². The molecule has 0 unspecified atom stereocenters. The van der Waals surface area contributed by atoms with Gasteiger partial charge in [-0.3, -0.25) is 0 Å². The third kappa shape index (κ3) is 7.39. The van der Waals surface area contributed by atoms with Crippen molar-refractivity contribution in [3.63, 3.8) is 0 Å². The monoisotopic (exact) mass is 486 g/mol. The molecule has 0 aliphatic carbocycles. The summed E-state index contributed by atoms with van der Waals surface area (Å²) in [5, 5.41) is 0. The first-order chi connectivity index (χ1) is 17.7. The van der Waals surface area contributed by atoms with E-state index in [1.54, 1.807) is 6.08 Å². The minimum absolute atomic E-state index is 0.326. The fraction of sp³-hybridized carbons (Fsp3) is 0.290. The molecule has 3 aromatic rings. The van der Waals surface area contributed by atoms with Crippen molar-refractivity contribution in [2.24, 2.45) is 0 Å². The van der Waals surface area contributed by atoms with E-state index in [-0.39, 0.29) is 0 Å². The van der Waals surface area contributed by atoms with Crippen molar-refractivity contribution < 1.29 is 23.7 Å². The summed E-state index contributed by atoms with van der Waals surface area (Å²) >= 11 is 0. The molecule has 1 heterocycles. The first-order valence-electron chi connectivity index (χ1n) is 12.2. The third-order valence-electron chi connectivity index (χ3n) is 5.97. The highest BCUT2D eigenvalue weighted by atomic mass is 16.6. The summed E-state index contributed by atoms with van der Waals surface area (Å²) in [6.07, 6.45) is -0.0891. The molecular formula is C31H34O5. The van der Waals surface area contributed by atoms with Crippen molar-refractivity contribution in [3.05, 3.63) is 133 Å². The summed E-state index contributed by atoms with van der Waals surface area (Å²) in [4.78, 5) is 0. The van der Waals surface area contributed by atoms with Crippen LogP contribution in [-0.2, 0) is 43.5 Å². The quantitative estimate of drug-likeness (QED) is 0.283. The van der Waals surface area contributed by atoms with E-state index in [1.165, 1.54) is 0 Å². The number of ether oxygens (including phenoxy) is 5. The van der Waals surface area contributed by atoms with Gasteiger partial charge in [-0.1, -0.05) is 104 Å². The molecule has 0 radical (unpaired) electrons. The predicted molar refractivity (Wildman–Crippen MR) is 140 cm³/mol. The summed E-state index contributed by atoms with van der Waals surface area (Å²) in [6.45, 7) is 9.90. The maximum atomic E-state index is 6.47. The highest BCUT2D eigenvalue weighted by molar-refractivity contribution is 5.16. The zero-order chi connectivity index (χ0) is 25.0. The Balaban J connectivity index is 1.52. The smallest absolute Gasteiger partial charge is 0.150 e. The average molecular weight is 487 g/mol. The van der Waals surface area contributed by atoms with E-state index in [9.17, 15) is 0 Å². The average Bonchev–Trinajstić information content (AvgIpc) is 2.92. The standard InChI is InChI=1S/C31H34O5/c1-3-19-33-29-24(2)36-28(23-32-20-25-13-7-4-8-14-25)30(34-21-26-15-9-5-10-16-26)31(29)35-22-27-17-11-6-12-18-27/h3-18,28-31H,1-2,19-23H2/t28-,29+,30-,31-/m1/s1. The molecule has 0 amide bonds.